The number of piperazine rings is 1. The van der Waals surface area contributed by atoms with Crippen molar-refractivity contribution < 1.29 is 41.7 Å². The monoisotopic (exact) mass is 663 g/mol. The number of anilines is 1. The number of pyridine rings is 1. The maximum Gasteiger partial charge on any atom is 0.418 e. The molecule has 2 amide bonds. The minimum Gasteiger partial charge on any atom is -0.493 e. The molecule has 11 nitrogen and oxygen atoms in total. The molecule has 15 heteroatoms. The van der Waals surface area contributed by atoms with E-state index in [-0.39, 0.29) is 39.6 Å². The van der Waals surface area contributed by atoms with E-state index in [9.17, 15) is 22.8 Å². The van der Waals surface area contributed by atoms with E-state index in [1.807, 2.05) is 11.9 Å². The first-order valence-electron chi connectivity index (χ1n) is 14.3. The number of alkyl halides is 4. The number of likely N-dealkylation sites (N-methyl/N-ethyl adjacent to an activating group) is 1. The number of ether oxygens (including phenoxy) is 4. The number of hydrogen-bond acceptors (Lipinski definition) is 8. The SMILES string of the molecule is COc1cc2cnc(C(=O)Nc3c([C@H](C)CCl)[nH]c4c(C(F)(F)F)cc(OC(=O)N5CCN(C)CC5)cc34)cc2c(OC)c1OC. The summed E-state index contributed by atoms with van der Waals surface area (Å²) in [6, 6.07) is 5.22. The van der Waals surface area contributed by atoms with Gasteiger partial charge in [0.2, 0.25) is 5.75 Å². The average molecular weight is 664 g/mol. The molecule has 5 rings (SSSR count). The standard InChI is InChI=1S/C31H33ClF3N5O6/c1-16(14-32)24-26(38-29(41)22-13-19-17(15-36-22)10-23(43-3)28(45-5)27(19)44-4)20-11-18(12-21(25(20)37-24)31(33,34)35)46-30(42)40-8-6-39(2)7-9-40/h10-13,15-16,37H,6-9,14H2,1-5H3,(H,38,41)/t16-/m1/s1. The predicted molar refractivity (Wildman–Crippen MR) is 167 cm³/mol. The first-order valence-corrected chi connectivity index (χ1v) is 14.8. The van der Waals surface area contributed by atoms with Crippen LogP contribution in [0, 0.1) is 0 Å². The highest BCUT2D eigenvalue weighted by Crippen LogP contribution is 2.45. The van der Waals surface area contributed by atoms with Gasteiger partial charge in [0.25, 0.3) is 5.91 Å². The zero-order valence-electron chi connectivity index (χ0n) is 25.8. The Kier molecular flexibility index (Phi) is 9.40. The van der Waals surface area contributed by atoms with Crippen molar-refractivity contribution in [3.8, 4) is 23.0 Å². The minimum absolute atomic E-state index is 0.0129. The Hall–Kier alpha value is -4.43. The molecule has 3 heterocycles. The van der Waals surface area contributed by atoms with Gasteiger partial charge in [-0.3, -0.25) is 9.78 Å². The smallest absolute Gasteiger partial charge is 0.418 e. The molecule has 1 atom stereocenters. The number of rotatable bonds is 8. The fraction of sp³-hybridized carbons (Fsp3) is 0.387. The van der Waals surface area contributed by atoms with Crippen LogP contribution in [0.5, 0.6) is 23.0 Å². The Morgan fingerprint density at radius 2 is 1.72 bits per heavy atom. The van der Waals surface area contributed by atoms with Crippen molar-refractivity contribution in [2.45, 2.75) is 19.0 Å². The van der Waals surface area contributed by atoms with Gasteiger partial charge < -0.3 is 39.0 Å². The molecule has 4 aromatic rings. The maximum absolute atomic E-state index is 14.4. The summed E-state index contributed by atoms with van der Waals surface area (Å²) in [5.41, 5.74) is -1.09. The summed E-state index contributed by atoms with van der Waals surface area (Å²) in [4.78, 5) is 37.1. The van der Waals surface area contributed by atoms with Crippen LogP contribution >= 0.6 is 11.6 Å². The zero-order valence-corrected chi connectivity index (χ0v) is 26.6. The number of nitrogens with one attached hydrogen (secondary N) is 2. The van der Waals surface area contributed by atoms with Gasteiger partial charge in [0.15, 0.2) is 11.5 Å². The number of nitrogens with zero attached hydrogens (tertiary/aromatic N) is 3. The number of H-pyrrole nitrogens is 1. The van der Waals surface area contributed by atoms with Gasteiger partial charge in [-0.2, -0.15) is 13.2 Å². The lowest BCUT2D eigenvalue weighted by molar-refractivity contribution is -0.136. The summed E-state index contributed by atoms with van der Waals surface area (Å²) in [5.74, 6) is -0.483. The molecule has 0 aliphatic carbocycles. The lowest BCUT2D eigenvalue weighted by Gasteiger charge is -2.31. The number of fused-ring (bicyclic) bond motifs is 2. The van der Waals surface area contributed by atoms with Crippen molar-refractivity contribution in [1.82, 2.24) is 19.8 Å². The second kappa shape index (κ2) is 13.1. The Morgan fingerprint density at radius 3 is 2.33 bits per heavy atom. The van der Waals surface area contributed by atoms with Crippen molar-refractivity contribution in [3.05, 3.63) is 47.4 Å². The number of amides is 2. The summed E-state index contributed by atoms with van der Waals surface area (Å²) in [6.07, 6.45) is -4.14. The van der Waals surface area contributed by atoms with Gasteiger partial charge in [0, 0.05) is 66.0 Å². The average Bonchev–Trinajstić information content (AvgIpc) is 3.39. The third-order valence-corrected chi connectivity index (χ3v) is 8.36. The molecule has 1 aliphatic rings. The molecule has 0 radical (unpaired) electrons. The Morgan fingerprint density at radius 1 is 1.02 bits per heavy atom. The molecule has 2 aromatic heterocycles. The summed E-state index contributed by atoms with van der Waals surface area (Å²) in [7, 11) is 6.27. The van der Waals surface area contributed by atoms with Crippen LogP contribution in [0.1, 0.15) is 34.6 Å². The number of halogens is 4. The van der Waals surface area contributed by atoms with Gasteiger partial charge in [-0.15, -0.1) is 11.6 Å². The number of methoxy groups -OCH3 is 3. The number of carbonyl (C=O) groups is 2. The quantitative estimate of drug-likeness (QED) is 0.217. The highest BCUT2D eigenvalue weighted by atomic mass is 35.5. The molecule has 0 bridgehead atoms. The molecule has 2 N–H and O–H groups in total. The summed E-state index contributed by atoms with van der Waals surface area (Å²) in [5, 5.41) is 3.81. The first-order chi connectivity index (χ1) is 21.9. The van der Waals surface area contributed by atoms with E-state index >= 15 is 0 Å². The van der Waals surface area contributed by atoms with Crippen LogP contribution in [-0.4, -0.2) is 92.2 Å². The van der Waals surface area contributed by atoms with E-state index in [1.54, 1.807) is 13.0 Å². The van der Waals surface area contributed by atoms with Crippen LogP contribution in [0.3, 0.4) is 0 Å². The van der Waals surface area contributed by atoms with Gasteiger partial charge >= 0.3 is 12.3 Å². The summed E-state index contributed by atoms with van der Waals surface area (Å²) >= 11 is 6.14. The Bertz CT molecular complexity index is 1790. The zero-order chi connectivity index (χ0) is 33.3. The molecule has 246 valence electrons. The largest absolute Gasteiger partial charge is 0.493 e. The highest BCUT2D eigenvalue weighted by molar-refractivity contribution is 6.18. The van der Waals surface area contributed by atoms with Gasteiger partial charge in [-0.25, -0.2) is 4.79 Å². The second-order valence-corrected chi connectivity index (χ2v) is 11.2. The number of hydrogen-bond donors (Lipinski definition) is 2. The number of carbonyl (C=O) groups excluding carboxylic acids is 2. The minimum atomic E-state index is -4.82. The van der Waals surface area contributed by atoms with Gasteiger partial charge in [-0.05, 0) is 31.3 Å². The van der Waals surface area contributed by atoms with Crippen LogP contribution in [0.2, 0.25) is 0 Å². The third kappa shape index (κ3) is 6.31. The lowest BCUT2D eigenvalue weighted by atomic mass is 10.1. The number of benzene rings is 2. The highest BCUT2D eigenvalue weighted by Gasteiger charge is 2.36. The molecule has 1 fully saturated rings. The topological polar surface area (TPSA) is 118 Å². The number of aromatic amines is 1. The van der Waals surface area contributed by atoms with E-state index in [0.29, 0.717) is 54.2 Å². The van der Waals surface area contributed by atoms with E-state index in [4.69, 9.17) is 30.5 Å². The lowest BCUT2D eigenvalue weighted by Crippen LogP contribution is -2.48. The molecule has 0 unspecified atom stereocenters. The summed E-state index contributed by atoms with van der Waals surface area (Å²) in [6.45, 7) is 3.65. The van der Waals surface area contributed by atoms with Crippen molar-refractivity contribution in [2.24, 2.45) is 0 Å². The molecular weight excluding hydrogens is 631 g/mol. The van der Waals surface area contributed by atoms with Crippen LogP contribution < -0.4 is 24.3 Å². The normalized spacial score (nSPS) is 14.8. The van der Waals surface area contributed by atoms with Gasteiger partial charge in [0.1, 0.15) is 11.4 Å². The van der Waals surface area contributed by atoms with Crippen LogP contribution in [-0.2, 0) is 6.18 Å². The molecule has 46 heavy (non-hydrogen) atoms. The van der Waals surface area contributed by atoms with Crippen molar-refractivity contribution in [2.75, 3.05) is 65.8 Å². The van der Waals surface area contributed by atoms with Crippen molar-refractivity contribution in [3.63, 3.8) is 0 Å². The van der Waals surface area contributed by atoms with Crippen molar-refractivity contribution >= 4 is 51.0 Å². The second-order valence-electron chi connectivity index (χ2n) is 10.9. The molecular formula is C31H33ClF3N5O6. The van der Waals surface area contributed by atoms with E-state index in [1.165, 1.54) is 44.6 Å². The molecule has 2 aromatic carbocycles. The fourth-order valence-corrected chi connectivity index (χ4v) is 5.53. The summed E-state index contributed by atoms with van der Waals surface area (Å²) < 4.78 is 65.0. The van der Waals surface area contributed by atoms with Crippen LogP contribution in [0.15, 0.2) is 30.5 Å². The molecule has 1 saturated heterocycles. The maximum atomic E-state index is 14.4. The third-order valence-electron chi connectivity index (χ3n) is 7.90. The number of aromatic nitrogens is 2. The fourth-order valence-electron chi connectivity index (χ4n) is 5.38. The van der Waals surface area contributed by atoms with Crippen LogP contribution in [0.4, 0.5) is 23.7 Å². The predicted octanol–water partition coefficient (Wildman–Crippen LogP) is 6.10. The van der Waals surface area contributed by atoms with E-state index in [2.05, 4.69) is 15.3 Å². The van der Waals surface area contributed by atoms with E-state index < -0.39 is 29.7 Å². The first kappa shape index (κ1) is 32.9. The Balaban J connectivity index is 1.59. The molecule has 0 spiro atoms. The van der Waals surface area contributed by atoms with Gasteiger partial charge in [0.05, 0.1) is 38.1 Å². The molecule has 0 saturated carbocycles. The van der Waals surface area contributed by atoms with E-state index in [0.717, 1.165) is 6.07 Å². The van der Waals surface area contributed by atoms with Gasteiger partial charge in [-0.1, -0.05) is 6.92 Å². The van der Waals surface area contributed by atoms with Crippen LogP contribution in [0.25, 0.3) is 21.7 Å². The van der Waals surface area contributed by atoms with Crippen molar-refractivity contribution in [1.29, 1.82) is 0 Å². The Labute approximate surface area is 267 Å². The molecule has 1 aliphatic heterocycles.